The Labute approximate surface area is 165 Å². The summed E-state index contributed by atoms with van der Waals surface area (Å²) in [4.78, 5) is 21.7. The van der Waals surface area contributed by atoms with Gasteiger partial charge >= 0.3 is 0 Å². The molecule has 7 nitrogen and oxygen atoms in total. The molecule has 1 amide bonds. The third-order valence-corrected chi connectivity index (χ3v) is 5.31. The number of nitrogens with one attached hydrogen (secondary N) is 1. The lowest BCUT2D eigenvalue weighted by Gasteiger charge is -2.36. The van der Waals surface area contributed by atoms with E-state index in [2.05, 4.69) is 49.5 Å². The molecule has 1 saturated heterocycles. The van der Waals surface area contributed by atoms with Gasteiger partial charge < -0.3 is 15.1 Å². The summed E-state index contributed by atoms with van der Waals surface area (Å²) in [7, 11) is 0. The Morgan fingerprint density at radius 2 is 1.82 bits per heavy atom. The molecule has 1 aromatic carbocycles. The highest BCUT2D eigenvalue weighted by Crippen LogP contribution is 2.23. The molecular weight excluding hydrogens is 352 g/mol. The molecule has 3 heterocycles. The number of anilines is 2. The van der Waals surface area contributed by atoms with Crippen molar-refractivity contribution in [2.75, 3.05) is 36.0 Å². The maximum absolute atomic E-state index is 12.4. The lowest BCUT2D eigenvalue weighted by Crippen LogP contribution is -2.46. The van der Waals surface area contributed by atoms with Crippen LogP contribution in [0.4, 0.5) is 11.4 Å². The van der Waals surface area contributed by atoms with E-state index in [1.165, 1.54) is 5.69 Å². The van der Waals surface area contributed by atoms with Crippen molar-refractivity contribution in [2.24, 2.45) is 0 Å². The molecule has 1 N–H and O–H groups in total. The fourth-order valence-corrected chi connectivity index (χ4v) is 3.45. The van der Waals surface area contributed by atoms with E-state index in [-0.39, 0.29) is 11.9 Å². The molecule has 2 aromatic heterocycles. The van der Waals surface area contributed by atoms with Crippen LogP contribution in [0.25, 0.3) is 5.65 Å². The smallest absolute Gasteiger partial charge is 0.270 e. The van der Waals surface area contributed by atoms with Crippen molar-refractivity contribution >= 4 is 22.9 Å². The number of piperazine rings is 1. The molecule has 1 atom stereocenters. The van der Waals surface area contributed by atoms with Crippen molar-refractivity contribution in [3.8, 4) is 0 Å². The van der Waals surface area contributed by atoms with E-state index in [4.69, 9.17) is 0 Å². The number of benzene rings is 1. The normalized spacial score (nSPS) is 15.6. The van der Waals surface area contributed by atoms with Gasteiger partial charge in [0.05, 0.1) is 6.20 Å². The number of amides is 1. The molecule has 0 spiro atoms. The van der Waals surface area contributed by atoms with Gasteiger partial charge in [-0.15, -0.1) is 0 Å². The predicted octanol–water partition coefficient (Wildman–Crippen LogP) is 2.58. The maximum Gasteiger partial charge on any atom is 0.270 e. The van der Waals surface area contributed by atoms with Crippen LogP contribution in [-0.2, 0) is 0 Å². The van der Waals surface area contributed by atoms with Crippen molar-refractivity contribution < 1.29 is 4.79 Å². The Hall–Kier alpha value is -3.09. The van der Waals surface area contributed by atoms with Gasteiger partial charge in [0.1, 0.15) is 11.4 Å². The molecular formula is C21H26N6O. The van der Waals surface area contributed by atoms with Crippen LogP contribution < -0.4 is 15.1 Å². The summed E-state index contributed by atoms with van der Waals surface area (Å²) in [5.74, 6) is -0.141. The minimum Gasteiger partial charge on any atom is -0.368 e. The third-order valence-electron chi connectivity index (χ3n) is 5.31. The van der Waals surface area contributed by atoms with Gasteiger partial charge in [-0.2, -0.15) is 5.10 Å². The second-order valence-electron chi connectivity index (χ2n) is 7.20. The highest BCUT2D eigenvalue weighted by molar-refractivity contribution is 5.93. The number of carbonyl (C=O) groups excluding carboxylic acids is 1. The van der Waals surface area contributed by atoms with E-state index in [0.717, 1.165) is 43.9 Å². The van der Waals surface area contributed by atoms with E-state index >= 15 is 0 Å². The van der Waals surface area contributed by atoms with Gasteiger partial charge in [0.15, 0.2) is 5.65 Å². The number of rotatable bonds is 5. The number of aromatic nitrogens is 3. The predicted molar refractivity (Wildman–Crippen MR) is 111 cm³/mol. The zero-order valence-corrected chi connectivity index (χ0v) is 16.4. The Balaban J connectivity index is 1.51. The fourth-order valence-electron chi connectivity index (χ4n) is 3.45. The number of nitrogens with zero attached hydrogens (tertiary/aromatic N) is 5. The van der Waals surface area contributed by atoms with Crippen molar-refractivity contribution in [3.05, 3.63) is 54.5 Å². The van der Waals surface area contributed by atoms with E-state index in [1.807, 2.05) is 26.1 Å². The van der Waals surface area contributed by atoms with Crippen molar-refractivity contribution in [3.63, 3.8) is 0 Å². The highest BCUT2D eigenvalue weighted by Gasteiger charge is 2.21. The van der Waals surface area contributed by atoms with Gasteiger partial charge in [-0.3, -0.25) is 4.79 Å². The van der Waals surface area contributed by atoms with Crippen LogP contribution in [0.5, 0.6) is 0 Å². The molecule has 0 radical (unpaired) electrons. The monoisotopic (exact) mass is 378 g/mol. The van der Waals surface area contributed by atoms with Crippen LogP contribution in [0.3, 0.4) is 0 Å². The molecule has 0 bridgehead atoms. The summed E-state index contributed by atoms with van der Waals surface area (Å²) in [5.41, 5.74) is 3.39. The second kappa shape index (κ2) is 7.88. The zero-order valence-electron chi connectivity index (χ0n) is 16.4. The minimum absolute atomic E-state index is 0.126. The van der Waals surface area contributed by atoms with Crippen LogP contribution in [0.2, 0.25) is 0 Å². The number of hydrogen-bond donors (Lipinski definition) is 1. The van der Waals surface area contributed by atoms with E-state index < -0.39 is 0 Å². The quantitative estimate of drug-likeness (QED) is 0.739. The van der Waals surface area contributed by atoms with E-state index in [9.17, 15) is 4.79 Å². The Bertz CT molecular complexity index is 946. The van der Waals surface area contributed by atoms with E-state index in [1.54, 1.807) is 16.8 Å². The van der Waals surface area contributed by atoms with Crippen molar-refractivity contribution in [1.82, 2.24) is 19.9 Å². The fraction of sp³-hybridized carbons (Fsp3) is 0.381. The third kappa shape index (κ3) is 3.65. The largest absolute Gasteiger partial charge is 0.368 e. The topological polar surface area (TPSA) is 65.8 Å². The van der Waals surface area contributed by atoms with Gasteiger partial charge in [0.2, 0.25) is 0 Å². The average Bonchev–Trinajstić information content (AvgIpc) is 3.17. The number of hydrogen-bond acceptors (Lipinski definition) is 5. The molecule has 4 rings (SSSR count). The van der Waals surface area contributed by atoms with Gasteiger partial charge in [-0.05, 0) is 31.5 Å². The zero-order chi connectivity index (χ0) is 19.5. The molecule has 1 aliphatic rings. The summed E-state index contributed by atoms with van der Waals surface area (Å²) in [6.07, 6.45) is 4.53. The highest BCUT2D eigenvalue weighted by atomic mass is 16.1. The minimum atomic E-state index is -0.141. The molecule has 1 unspecified atom stereocenters. The summed E-state index contributed by atoms with van der Waals surface area (Å²) in [6.45, 7) is 7.70. The first-order valence-electron chi connectivity index (χ1n) is 9.86. The SMILES string of the molecule is CCC(C)NC(=O)c1ccn2ncc(N3CCN(c4ccccc4)CC3)c2n1. The first-order chi connectivity index (χ1) is 13.7. The Morgan fingerprint density at radius 3 is 2.54 bits per heavy atom. The van der Waals surface area contributed by atoms with Crippen LogP contribution >= 0.6 is 0 Å². The summed E-state index contributed by atoms with van der Waals surface area (Å²) < 4.78 is 1.74. The van der Waals surface area contributed by atoms with Gasteiger partial charge in [0.25, 0.3) is 5.91 Å². The van der Waals surface area contributed by atoms with Gasteiger partial charge in [-0.1, -0.05) is 25.1 Å². The number of carbonyl (C=O) groups is 1. The Morgan fingerprint density at radius 1 is 1.11 bits per heavy atom. The second-order valence-corrected chi connectivity index (χ2v) is 7.20. The number of para-hydroxylation sites is 1. The Kier molecular flexibility index (Phi) is 5.14. The van der Waals surface area contributed by atoms with Crippen LogP contribution in [-0.4, -0.2) is 52.7 Å². The molecule has 28 heavy (non-hydrogen) atoms. The van der Waals surface area contributed by atoms with Crippen LogP contribution in [0, 0.1) is 0 Å². The molecule has 146 valence electrons. The molecule has 7 heteroatoms. The van der Waals surface area contributed by atoms with Crippen molar-refractivity contribution in [1.29, 1.82) is 0 Å². The van der Waals surface area contributed by atoms with E-state index in [0.29, 0.717) is 5.69 Å². The van der Waals surface area contributed by atoms with Crippen molar-refractivity contribution in [2.45, 2.75) is 26.3 Å². The standard InChI is InChI=1S/C21H26N6O/c1-3-16(2)23-21(28)18-9-10-27-20(24-18)19(15-22-27)26-13-11-25(12-14-26)17-7-5-4-6-8-17/h4-10,15-16H,3,11-14H2,1-2H3,(H,23,28). The molecule has 0 saturated carbocycles. The maximum atomic E-state index is 12.4. The lowest BCUT2D eigenvalue weighted by molar-refractivity contribution is 0.0934. The molecule has 0 aliphatic carbocycles. The molecule has 1 aliphatic heterocycles. The lowest BCUT2D eigenvalue weighted by atomic mass is 10.2. The summed E-state index contributed by atoms with van der Waals surface area (Å²) in [5, 5.41) is 7.39. The average molecular weight is 378 g/mol. The van der Waals surface area contributed by atoms with Gasteiger partial charge in [-0.25, -0.2) is 9.50 Å². The van der Waals surface area contributed by atoms with Crippen LogP contribution in [0.15, 0.2) is 48.8 Å². The summed E-state index contributed by atoms with van der Waals surface area (Å²) in [6, 6.07) is 12.3. The first-order valence-corrected chi connectivity index (χ1v) is 9.86. The summed E-state index contributed by atoms with van der Waals surface area (Å²) >= 11 is 0. The molecule has 3 aromatic rings. The first kappa shape index (κ1) is 18.3. The van der Waals surface area contributed by atoms with Crippen LogP contribution in [0.1, 0.15) is 30.8 Å². The van der Waals surface area contributed by atoms with Gasteiger partial charge in [0, 0.05) is 44.1 Å². The number of fused-ring (bicyclic) bond motifs is 1. The molecule has 1 fully saturated rings.